The molecule has 0 aliphatic carbocycles. The highest BCUT2D eigenvalue weighted by molar-refractivity contribution is 5.87. The largest absolute Gasteiger partial charge is 0.368 e. The van der Waals surface area contributed by atoms with E-state index in [1.807, 2.05) is 13.8 Å². The van der Waals surface area contributed by atoms with Crippen LogP contribution in [0.3, 0.4) is 0 Å². The number of carbonyl (C=O) groups excluding carboxylic acids is 3. The predicted molar refractivity (Wildman–Crippen MR) is 99.0 cm³/mol. The van der Waals surface area contributed by atoms with Crippen molar-refractivity contribution in [3.8, 4) is 0 Å². The zero-order valence-corrected chi connectivity index (χ0v) is 15.9. The predicted octanol–water partition coefficient (Wildman–Crippen LogP) is -0.583. The van der Waals surface area contributed by atoms with Crippen LogP contribution in [-0.2, 0) is 14.4 Å². The lowest BCUT2D eigenvalue weighted by Gasteiger charge is -2.39. The number of nitrogens with one attached hydrogen (secondary N) is 1. The maximum atomic E-state index is 12.5. The number of primary amides is 1. The van der Waals surface area contributed by atoms with E-state index in [2.05, 4.69) is 10.2 Å². The van der Waals surface area contributed by atoms with Gasteiger partial charge in [-0.05, 0) is 44.6 Å². The summed E-state index contributed by atoms with van der Waals surface area (Å²) in [7, 11) is 0. The summed E-state index contributed by atoms with van der Waals surface area (Å²) < 4.78 is 0. The molecule has 0 aromatic heterocycles. The molecule has 0 unspecified atom stereocenters. The van der Waals surface area contributed by atoms with Crippen molar-refractivity contribution < 1.29 is 14.4 Å². The van der Waals surface area contributed by atoms with Crippen LogP contribution in [0.1, 0.15) is 46.0 Å². The minimum Gasteiger partial charge on any atom is -0.368 e. The molecule has 2 fully saturated rings. The van der Waals surface area contributed by atoms with Gasteiger partial charge in [0.2, 0.25) is 17.7 Å². The molecule has 0 saturated carbocycles. The molecule has 26 heavy (non-hydrogen) atoms. The number of hydrogen-bond acceptors (Lipinski definition) is 5. The van der Waals surface area contributed by atoms with E-state index in [9.17, 15) is 14.4 Å². The van der Waals surface area contributed by atoms with Gasteiger partial charge in [-0.1, -0.05) is 13.8 Å². The van der Waals surface area contributed by atoms with Crippen LogP contribution in [0, 0.1) is 5.92 Å². The lowest BCUT2D eigenvalue weighted by atomic mass is 10.0. The monoisotopic (exact) mass is 367 g/mol. The molecular formula is C18H33N5O3. The molecule has 8 heteroatoms. The number of likely N-dealkylation sites (tertiary alicyclic amines) is 2. The molecule has 3 atom stereocenters. The average Bonchev–Trinajstić information content (AvgIpc) is 3.09. The quantitative estimate of drug-likeness (QED) is 0.556. The van der Waals surface area contributed by atoms with Crippen molar-refractivity contribution in [3.63, 3.8) is 0 Å². The molecule has 2 aliphatic heterocycles. The van der Waals surface area contributed by atoms with E-state index in [1.165, 1.54) is 0 Å². The van der Waals surface area contributed by atoms with E-state index in [-0.39, 0.29) is 36.3 Å². The highest BCUT2D eigenvalue weighted by Gasteiger charge is 2.36. The van der Waals surface area contributed by atoms with Crippen LogP contribution < -0.4 is 16.8 Å². The van der Waals surface area contributed by atoms with Crippen molar-refractivity contribution in [1.82, 2.24) is 15.1 Å². The van der Waals surface area contributed by atoms with Crippen LogP contribution in [0.4, 0.5) is 0 Å². The fourth-order valence-electron chi connectivity index (χ4n) is 4.00. The van der Waals surface area contributed by atoms with Gasteiger partial charge in [0.15, 0.2) is 0 Å². The van der Waals surface area contributed by atoms with Crippen LogP contribution in [-0.4, -0.2) is 71.8 Å². The summed E-state index contributed by atoms with van der Waals surface area (Å²) in [6.45, 7) is 6.08. The standard InChI is InChI=1S/C18H33N5O3/c1-12(2)9-14(19)18(26)21-10-16(24)22-7-3-5-13(11-22)23-8-4-6-15(23)17(20)25/h12-15H,3-11,19H2,1-2H3,(H2,20,25)(H,21,26)/t13-,14-,15-/m0/s1. The highest BCUT2D eigenvalue weighted by atomic mass is 16.2. The number of carbonyl (C=O) groups is 3. The third kappa shape index (κ3) is 5.41. The average molecular weight is 367 g/mol. The lowest BCUT2D eigenvalue weighted by molar-refractivity contribution is -0.135. The molecule has 3 amide bonds. The number of amides is 3. The topological polar surface area (TPSA) is 122 Å². The van der Waals surface area contributed by atoms with Gasteiger partial charge in [-0.15, -0.1) is 0 Å². The molecule has 0 bridgehead atoms. The van der Waals surface area contributed by atoms with Crippen LogP contribution in [0.25, 0.3) is 0 Å². The molecule has 8 nitrogen and oxygen atoms in total. The van der Waals surface area contributed by atoms with Gasteiger partial charge in [-0.3, -0.25) is 19.3 Å². The number of piperidine rings is 1. The van der Waals surface area contributed by atoms with Crippen LogP contribution in [0.2, 0.25) is 0 Å². The van der Waals surface area contributed by atoms with Gasteiger partial charge in [0.05, 0.1) is 18.6 Å². The van der Waals surface area contributed by atoms with Crippen molar-refractivity contribution in [2.24, 2.45) is 17.4 Å². The maximum absolute atomic E-state index is 12.5. The van der Waals surface area contributed by atoms with Gasteiger partial charge in [-0.2, -0.15) is 0 Å². The molecular weight excluding hydrogens is 334 g/mol. The smallest absolute Gasteiger partial charge is 0.242 e. The van der Waals surface area contributed by atoms with Crippen molar-refractivity contribution in [1.29, 1.82) is 0 Å². The van der Waals surface area contributed by atoms with Gasteiger partial charge in [0.25, 0.3) is 0 Å². The molecule has 0 radical (unpaired) electrons. The lowest BCUT2D eigenvalue weighted by Crippen LogP contribution is -2.55. The van der Waals surface area contributed by atoms with Crippen molar-refractivity contribution in [2.75, 3.05) is 26.2 Å². The second kappa shape index (κ2) is 9.32. The van der Waals surface area contributed by atoms with Crippen LogP contribution in [0.5, 0.6) is 0 Å². The molecule has 2 saturated heterocycles. The summed E-state index contributed by atoms with van der Waals surface area (Å²) >= 11 is 0. The molecule has 2 heterocycles. The Kier molecular flexibility index (Phi) is 7.40. The van der Waals surface area contributed by atoms with Gasteiger partial charge in [-0.25, -0.2) is 0 Å². The van der Waals surface area contributed by atoms with E-state index in [0.717, 1.165) is 32.2 Å². The normalized spacial score (nSPS) is 25.3. The Bertz CT molecular complexity index is 525. The minimum atomic E-state index is -0.585. The zero-order valence-electron chi connectivity index (χ0n) is 15.9. The van der Waals surface area contributed by atoms with E-state index in [0.29, 0.717) is 25.4 Å². The Morgan fingerprint density at radius 2 is 1.85 bits per heavy atom. The van der Waals surface area contributed by atoms with Crippen molar-refractivity contribution >= 4 is 17.7 Å². The number of rotatable bonds is 7. The SMILES string of the molecule is CC(C)C[C@H](N)C(=O)NCC(=O)N1CCC[C@H](N2CCC[C@H]2C(N)=O)C1. The first-order valence-electron chi connectivity index (χ1n) is 9.65. The molecule has 2 rings (SSSR count). The van der Waals surface area contributed by atoms with Crippen LogP contribution in [0.15, 0.2) is 0 Å². The summed E-state index contributed by atoms with van der Waals surface area (Å²) in [4.78, 5) is 40.0. The fraction of sp³-hybridized carbons (Fsp3) is 0.833. The molecule has 5 N–H and O–H groups in total. The first-order valence-corrected chi connectivity index (χ1v) is 9.65. The van der Waals surface area contributed by atoms with Gasteiger partial charge < -0.3 is 21.7 Å². The summed E-state index contributed by atoms with van der Waals surface area (Å²) in [5.41, 5.74) is 11.4. The maximum Gasteiger partial charge on any atom is 0.242 e. The summed E-state index contributed by atoms with van der Waals surface area (Å²) in [6.07, 6.45) is 4.19. The van der Waals surface area contributed by atoms with E-state index >= 15 is 0 Å². The van der Waals surface area contributed by atoms with Crippen molar-refractivity contribution in [3.05, 3.63) is 0 Å². The van der Waals surface area contributed by atoms with E-state index in [1.54, 1.807) is 4.90 Å². The second-order valence-electron chi connectivity index (χ2n) is 7.89. The number of nitrogens with zero attached hydrogens (tertiary/aromatic N) is 2. The van der Waals surface area contributed by atoms with Gasteiger partial charge in [0.1, 0.15) is 0 Å². The Hall–Kier alpha value is -1.67. The minimum absolute atomic E-state index is 0.0312. The van der Waals surface area contributed by atoms with Crippen LogP contribution >= 0.6 is 0 Å². The summed E-state index contributed by atoms with van der Waals surface area (Å²) in [6, 6.07) is -0.645. The first kappa shape index (κ1) is 20.6. The Morgan fingerprint density at radius 1 is 1.15 bits per heavy atom. The molecule has 0 aromatic rings. The van der Waals surface area contributed by atoms with E-state index < -0.39 is 6.04 Å². The van der Waals surface area contributed by atoms with Gasteiger partial charge >= 0.3 is 0 Å². The van der Waals surface area contributed by atoms with Gasteiger partial charge in [0, 0.05) is 19.1 Å². The first-order chi connectivity index (χ1) is 12.3. The molecule has 2 aliphatic rings. The third-order valence-corrected chi connectivity index (χ3v) is 5.32. The fourth-order valence-corrected chi connectivity index (χ4v) is 4.00. The zero-order chi connectivity index (χ0) is 19.3. The van der Waals surface area contributed by atoms with Crippen molar-refractivity contribution in [2.45, 2.75) is 64.1 Å². The Balaban J connectivity index is 1.84. The molecule has 148 valence electrons. The molecule has 0 aromatic carbocycles. The molecule has 0 spiro atoms. The highest BCUT2D eigenvalue weighted by Crippen LogP contribution is 2.25. The second-order valence-corrected chi connectivity index (χ2v) is 7.89. The third-order valence-electron chi connectivity index (χ3n) is 5.32. The summed E-state index contributed by atoms with van der Waals surface area (Å²) in [5, 5.41) is 2.65. The Morgan fingerprint density at radius 3 is 2.50 bits per heavy atom. The summed E-state index contributed by atoms with van der Waals surface area (Å²) in [5.74, 6) is -0.339. The number of nitrogens with two attached hydrogens (primary N) is 2. The Labute approximate surface area is 155 Å². The number of hydrogen-bond donors (Lipinski definition) is 3. The van der Waals surface area contributed by atoms with E-state index in [4.69, 9.17) is 11.5 Å².